The number of nitrogens with one attached hydrogen (secondary N) is 1. The van der Waals surface area contributed by atoms with Gasteiger partial charge < -0.3 is 10.1 Å². The number of hydrogen-bond donors (Lipinski definition) is 1. The maximum absolute atomic E-state index is 5.77. The van der Waals surface area contributed by atoms with Gasteiger partial charge in [0.1, 0.15) is 18.2 Å². The zero-order valence-corrected chi connectivity index (χ0v) is 13.1. The van der Waals surface area contributed by atoms with Gasteiger partial charge in [0, 0.05) is 18.1 Å². The standard InChI is InChI=1S/C17H17N3OS/c1-13-19-17(22-20-13)18-11-14-7-9-16(10-8-14)21-12-15-5-3-2-4-6-15/h2-10H,11-12H2,1H3,(H,18,19,20). The quantitative estimate of drug-likeness (QED) is 0.746. The summed E-state index contributed by atoms with van der Waals surface area (Å²) in [6, 6.07) is 18.2. The summed E-state index contributed by atoms with van der Waals surface area (Å²) in [6.07, 6.45) is 0. The second kappa shape index (κ2) is 7.04. The lowest BCUT2D eigenvalue weighted by Crippen LogP contribution is -1.99. The molecule has 1 heterocycles. The van der Waals surface area contributed by atoms with Gasteiger partial charge in [0.2, 0.25) is 5.13 Å². The Morgan fingerprint density at radius 1 is 1.00 bits per heavy atom. The van der Waals surface area contributed by atoms with E-state index in [1.807, 2.05) is 37.3 Å². The highest BCUT2D eigenvalue weighted by molar-refractivity contribution is 7.09. The average molecular weight is 311 g/mol. The lowest BCUT2D eigenvalue weighted by Gasteiger charge is -2.07. The number of hydrogen-bond acceptors (Lipinski definition) is 5. The lowest BCUT2D eigenvalue weighted by molar-refractivity contribution is 0.306. The molecule has 0 radical (unpaired) electrons. The van der Waals surface area contributed by atoms with Crippen LogP contribution in [0.3, 0.4) is 0 Å². The van der Waals surface area contributed by atoms with E-state index >= 15 is 0 Å². The van der Waals surface area contributed by atoms with Gasteiger partial charge in [-0.3, -0.25) is 0 Å². The van der Waals surface area contributed by atoms with Crippen LogP contribution in [0.2, 0.25) is 0 Å². The van der Waals surface area contributed by atoms with E-state index in [-0.39, 0.29) is 0 Å². The largest absolute Gasteiger partial charge is 0.489 e. The fourth-order valence-electron chi connectivity index (χ4n) is 1.99. The predicted octanol–water partition coefficient (Wildman–Crippen LogP) is 4.04. The first-order valence-corrected chi connectivity index (χ1v) is 7.87. The van der Waals surface area contributed by atoms with Crippen molar-refractivity contribution in [2.75, 3.05) is 5.32 Å². The van der Waals surface area contributed by atoms with Crippen molar-refractivity contribution in [1.29, 1.82) is 0 Å². The summed E-state index contributed by atoms with van der Waals surface area (Å²) in [7, 11) is 0. The van der Waals surface area contributed by atoms with E-state index in [1.165, 1.54) is 22.7 Å². The topological polar surface area (TPSA) is 47.0 Å². The van der Waals surface area contributed by atoms with Gasteiger partial charge in [-0.2, -0.15) is 4.37 Å². The van der Waals surface area contributed by atoms with Crippen LogP contribution < -0.4 is 10.1 Å². The van der Waals surface area contributed by atoms with Gasteiger partial charge in [0.15, 0.2) is 0 Å². The van der Waals surface area contributed by atoms with Crippen molar-refractivity contribution in [3.63, 3.8) is 0 Å². The van der Waals surface area contributed by atoms with E-state index in [4.69, 9.17) is 4.74 Å². The predicted molar refractivity (Wildman–Crippen MR) is 89.2 cm³/mol. The Kier molecular flexibility index (Phi) is 4.65. The molecule has 112 valence electrons. The molecule has 0 fully saturated rings. The fraction of sp³-hybridized carbons (Fsp3) is 0.176. The summed E-state index contributed by atoms with van der Waals surface area (Å²) >= 11 is 1.38. The Bertz CT molecular complexity index is 710. The zero-order chi connectivity index (χ0) is 15.2. The van der Waals surface area contributed by atoms with Crippen LogP contribution in [-0.4, -0.2) is 9.36 Å². The van der Waals surface area contributed by atoms with Crippen molar-refractivity contribution in [3.05, 3.63) is 71.5 Å². The molecule has 4 nitrogen and oxygen atoms in total. The number of benzene rings is 2. The first-order chi connectivity index (χ1) is 10.8. The van der Waals surface area contributed by atoms with Gasteiger partial charge in [-0.25, -0.2) is 4.98 Å². The molecule has 0 aliphatic rings. The van der Waals surface area contributed by atoms with Crippen molar-refractivity contribution in [3.8, 4) is 5.75 Å². The first-order valence-electron chi connectivity index (χ1n) is 7.09. The fourth-order valence-corrected chi connectivity index (χ4v) is 2.56. The molecule has 0 atom stereocenters. The third-order valence-corrected chi connectivity index (χ3v) is 3.91. The lowest BCUT2D eigenvalue weighted by atomic mass is 10.2. The number of ether oxygens (including phenoxy) is 1. The summed E-state index contributed by atoms with van der Waals surface area (Å²) in [5.41, 5.74) is 2.35. The molecule has 22 heavy (non-hydrogen) atoms. The monoisotopic (exact) mass is 311 g/mol. The number of nitrogens with zero attached hydrogens (tertiary/aromatic N) is 2. The van der Waals surface area contributed by atoms with Crippen LogP contribution in [0, 0.1) is 6.92 Å². The summed E-state index contributed by atoms with van der Waals surface area (Å²) in [4.78, 5) is 4.28. The Morgan fingerprint density at radius 2 is 1.77 bits per heavy atom. The molecular formula is C17H17N3OS. The molecule has 0 aliphatic heterocycles. The molecule has 0 aliphatic carbocycles. The molecule has 0 spiro atoms. The van der Waals surface area contributed by atoms with Crippen LogP contribution in [0.1, 0.15) is 17.0 Å². The molecule has 5 heteroatoms. The van der Waals surface area contributed by atoms with Crippen molar-refractivity contribution in [1.82, 2.24) is 9.36 Å². The van der Waals surface area contributed by atoms with Gasteiger partial charge in [-0.1, -0.05) is 42.5 Å². The minimum absolute atomic E-state index is 0.586. The van der Waals surface area contributed by atoms with Crippen LogP contribution in [0.4, 0.5) is 5.13 Å². The summed E-state index contributed by atoms with van der Waals surface area (Å²) in [5, 5.41) is 4.11. The third-order valence-electron chi connectivity index (χ3n) is 3.14. The van der Waals surface area contributed by atoms with E-state index in [2.05, 4.69) is 38.9 Å². The molecule has 3 rings (SSSR count). The average Bonchev–Trinajstić information content (AvgIpc) is 2.98. The minimum atomic E-state index is 0.586. The van der Waals surface area contributed by atoms with Crippen LogP contribution in [0.5, 0.6) is 5.75 Å². The van der Waals surface area contributed by atoms with Crippen molar-refractivity contribution >= 4 is 16.7 Å². The Morgan fingerprint density at radius 3 is 2.45 bits per heavy atom. The first kappa shape index (κ1) is 14.5. The SMILES string of the molecule is Cc1nsc(NCc2ccc(OCc3ccccc3)cc2)n1. The number of aromatic nitrogens is 2. The van der Waals surface area contributed by atoms with Crippen molar-refractivity contribution in [2.45, 2.75) is 20.1 Å². The molecule has 0 bridgehead atoms. The van der Waals surface area contributed by atoms with Crippen molar-refractivity contribution < 1.29 is 4.74 Å². The highest BCUT2D eigenvalue weighted by Gasteiger charge is 2.00. The summed E-state index contributed by atoms with van der Waals surface area (Å²) < 4.78 is 9.92. The van der Waals surface area contributed by atoms with E-state index in [0.29, 0.717) is 6.61 Å². The molecule has 1 aromatic heterocycles. The van der Waals surface area contributed by atoms with Crippen LogP contribution in [0.15, 0.2) is 54.6 Å². The third kappa shape index (κ3) is 4.05. The molecule has 0 unspecified atom stereocenters. The summed E-state index contributed by atoms with van der Waals surface area (Å²) in [5.74, 6) is 1.68. The number of anilines is 1. The molecule has 2 aromatic carbocycles. The van der Waals surface area contributed by atoms with Crippen LogP contribution in [0.25, 0.3) is 0 Å². The van der Waals surface area contributed by atoms with E-state index in [9.17, 15) is 0 Å². The van der Waals surface area contributed by atoms with Gasteiger partial charge in [-0.05, 0) is 30.2 Å². The van der Waals surface area contributed by atoms with Crippen LogP contribution in [-0.2, 0) is 13.2 Å². The molecule has 0 saturated carbocycles. The summed E-state index contributed by atoms with van der Waals surface area (Å²) in [6.45, 7) is 3.21. The van der Waals surface area contributed by atoms with Gasteiger partial charge >= 0.3 is 0 Å². The van der Waals surface area contributed by atoms with Gasteiger partial charge in [0.25, 0.3) is 0 Å². The van der Waals surface area contributed by atoms with Crippen LogP contribution >= 0.6 is 11.5 Å². The van der Waals surface area contributed by atoms with E-state index < -0.39 is 0 Å². The number of aryl methyl sites for hydroxylation is 1. The normalized spacial score (nSPS) is 10.4. The smallest absolute Gasteiger partial charge is 0.202 e. The molecule has 0 amide bonds. The Hall–Kier alpha value is -2.40. The molecule has 3 aromatic rings. The zero-order valence-electron chi connectivity index (χ0n) is 12.3. The number of rotatable bonds is 6. The highest BCUT2D eigenvalue weighted by atomic mass is 32.1. The van der Waals surface area contributed by atoms with E-state index in [0.717, 1.165) is 23.3 Å². The maximum atomic E-state index is 5.77. The Labute approximate surface area is 134 Å². The highest BCUT2D eigenvalue weighted by Crippen LogP contribution is 2.16. The second-order valence-corrected chi connectivity index (χ2v) is 5.67. The van der Waals surface area contributed by atoms with Gasteiger partial charge in [0.05, 0.1) is 0 Å². The van der Waals surface area contributed by atoms with Gasteiger partial charge in [-0.15, -0.1) is 0 Å². The maximum Gasteiger partial charge on any atom is 0.202 e. The Balaban J connectivity index is 1.51. The minimum Gasteiger partial charge on any atom is -0.489 e. The second-order valence-electron chi connectivity index (χ2n) is 4.92. The van der Waals surface area contributed by atoms with Crippen molar-refractivity contribution in [2.24, 2.45) is 0 Å². The molecule has 1 N–H and O–H groups in total. The molecule has 0 saturated heterocycles. The van der Waals surface area contributed by atoms with E-state index in [1.54, 1.807) is 0 Å². The molecular weight excluding hydrogens is 294 g/mol.